The molecule has 0 atom stereocenters. The van der Waals surface area contributed by atoms with Crippen molar-refractivity contribution in [3.05, 3.63) is 11.8 Å². The molecule has 5 nitrogen and oxygen atoms in total. The zero-order valence-corrected chi connectivity index (χ0v) is 12.0. The van der Waals surface area contributed by atoms with E-state index in [1.54, 1.807) is 7.11 Å². The Morgan fingerprint density at radius 1 is 1.35 bits per heavy atom. The summed E-state index contributed by atoms with van der Waals surface area (Å²) in [5.41, 5.74) is -0.435. The zero-order valence-electron chi connectivity index (χ0n) is 11.1. The highest BCUT2D eigenvalue weighted by Crippen LogP contribution is 2.15. The first-order valence-electron chi connectivity index (χ1n) is 5.35. The van der Waals surface area contributed by atoms with E-state index < -0.39 is 15.7 Å². The van der Waals surface area contributed by atoms with Crippen LogP contribution in [-0.4, -0.2) is 40.6 Å². The van der Waals surface area contributed by atoms with Crippen LogP contribution in [0.3, 0.4) is 0 Å². The second-order valence-corrected chi connectivity index (χ2v) is 6.01. The molecule has 0 rings (SSSR count). The second kappa shape index (κ2) is 6.98. The Morgan fingerprint density at radius 3 is 2.41 bits per heavy atom. The molecule has 102 valence electrons. The van der Waals surface area contributed by atoms with Crippen molar-refractivity contribution in [3.8, 4) is 0 Å². The van der Waals surface area contributed by atoms with Gasteiger partial charge < -0.3 is 9.47 Å². The molecular weight excluding hydrogens is 244 g/mol. The largest absolute Gasteiger partial charge is 0.502 e. The quantitative estimate of drug-likeness (QED) is 0.494. The molecule has 0 aromatic heterocycles. The Morgan fingerprint density at radius 2 is 1.94 bits per heavy atom. The van der Waals surface area contributed by atoms with Gasteiger partial charge in [-0.3, -0.25) is 4.18 Å². The molecule has 0 amide bonds. The molecule has 0 aliphatic rings. The monoisotopic (exact) mass is 266 g/mol. The molecule has 0 aromatic carbocycles. The summed E-state index contributed by atoms with van der Waals surface area (Å²) in [6.45, 7) is 6.15. The minimum Gasteiger partial charge on any atom is -0.502 e. The summed E-state index contributed by atoms with van der Waals surface area (Å²) in [6.07, 6.45) is 3.35. The third kappa shape index (κ3) is 10.3. The van der Waals surface area contributed by atoms with Crippen LogP contribution in [0.15, 0.2) is 11.8 Å². The Balaban J connectivity index is 3.96. The van der Waals surface area contributed by atoms with Crippen LogP contribution >= 0.6 is 0 Å². The Hall–Kier alpha value is -0.590. The normalized spacial score (nSPS) is 13.8. The van der Waals surface area contributed by atoms with E-state index in [4.69, 9.17) is 9.47 Å². The molecule has 0 saturated carbocycles. The molecule has 0 spiro atoms. The predicted octanol–water partition coefficient (Wildman–Crippen LogP) is 1.70. The van der Waals surface area contributed by atoms with E-state index >= 15 is 0 Å². The van der Waals surface area contributed by atoms with E-state index in [9.17, 15) is 8.42 Å². The van der Waals surface area contributed by atoms with Gasteiger partial charge in [0.25, 0.3) is 10.1 Å². The lowest BCUT2D eigenvalue weighted by atomic mass is 10.1. The van der Waals surface area contributed by atoms with Gasteiger partial charge in [0.2, 0.25) is 0 Å². The van der Waals surface area contributed by atoms with Crippen molar-refractivity contribution in [1.82, 2.24) is 0 Å². The van der Waals surface area contributed by atoms with Gasteiger partial charge in [-0.05, 0) is 26.8 Å². The summed E-state index contributed by atoms with van der Waals surface area (Å²) in [5, 5.41) is 0. The fourth-order valence-electron chi connectivity index (χ4n) is 0.979. The average Bonchev–Trinajstić information content (AvgIpc) is 2.14. The highest BCUT2D eigenvalue weighted by atomic mass is 32.2. The van der Waals surface area contributed by atoms with Crippen molar-refractivity contribution < 1.29 is 22.1 Å². The summed E-state index contributed by atoms with van der Waals surface area (Å²) in [7, 11) is -1.78. The van der Waals surface area contributed by atoms with Crippen LogP contribution in [0.5, 0.6) is 0 Å². The van der Waals surface area contributed by atoms with Crippen LogP contribution in [0.2, 0.25) is 0 Å². The van der Waals surface area contributed by atoms with Crippen molar-refractivity contribution in [3.63, 3.8) is 0 Å². The van der Waals surface area contributed by atoms with Crippen molar-refractivity contribution in [2.45, 2.75) is 32.8 Å². The van der Waals surface area contributed by atoms with Gasteiger partial charge in [-0.1, -0.05) is 0 Å². The second-order valence-electron chi connectivity index (χ2n) is 4.37. The SMILES string of the molecule is CO/C(C)=C/COC(C)(C)CCOS(C)(=O)=O. The molecular formula is C11H22O5S. The highest BCUT2D eigenvalue weighted by Gasteiger charge is 2.18. The van der Waals surface area contributed by atoms with E-state index in [0.717, 1.165) is 12.0 Å². The fraction of sp³-hybridized carbons (Fsp3) is 0.818. The maximum absolute atomic E-state index is 10.8. The van der Waals surface area contributed by atoms with E-state index in [1.807, 2.05) is 26.8 Å². The third-order valence-corrected chi connectivity index (χ3v) is 2.76. The van der Waals surface area contributed by atoms with Crippen LogP contribution in [0.1, 0.15) is 27.2 Å². The summed E-state index contributed by atoms with van der Waals surface area (Å²) in [5.74, 6) is 0.785. The highest BCUT2D eigenvalue weighted by molar-refractivity contribution is 7.85. The van der Waals surface area contributed by atoms with E-state index in [0.29, 0.717) is 13.0 Å². The number of rotatable bonds is 8. The third-order valence-electron chi connectivity index (χ3n) is 2.17. The lowest BCUT2D eigenvalue weighted by Crippen LogP contribution is -2.27. The van der Waals surface area contributed by atoms with Gasteiger partial charge in [-0.2, -0.15) is 8.42 Å². The molecule has 0 bridgehead atoms. The first-order valence-corrected chi connectivity index (χ1v) is 7.17. The van der Waals surface area contributed by atoms with Crippen LogP contribution in [0.4, 0.5) is 0 Å². The molecule has 0 heterocycles. The lowest BCUT2D eigenvalue weighted by Gasteiger charge is -2.24. The standard InChI is InChI=1S/C11H22O5S/c1-10(14-4)6-8-15-11(2,3)7-9-16-17(5,12)13/h6H,7-9H2,1-5H3/b10-6+. The molecule has 0 aliphatic heterocycles. The summed E-state index contributed by atoms with van der Waals surface area (Å²) < 4.78 is 36.8. The first kappa shape index (κ1) is 16.4. The molecule has 17 heavy (non-hydrogen) atoms. The smallest absolute Gasteiger partial charge is 0.264 e. The molecule has 0 radical (unpaired) electrons. The summed E-state index contributed by atoms with van der Waals surface area (Å²) in [6, 6.07) is 0. The van der Waals surface area contributed by atoms with E-state index in [-0.39, 0.29) is 6.61 Å². The van der Waals surface area contributed by atoms with Gasteiger partial charge in [0, 0.05) is 6.42 Å². The number of hydrogen-bond acceptors (Lipinski definition) is 5. The lowest BCUT2D eigenvalue weighted by molar-refractivity contribution is -0.0159. The Bertz CT molecular complexity index is 343. The van der Waals surface area contributed by atoms with Crippen molar-refractivity contribution in [2.75, 3.05) is 26.6 Å². The number of hydrogen-bond donors (Lipinski definition) is 0. The number of methoxy groups -OCH3 is 1. The Kier molecular flexibility index (Phi) is 6.74. The van der Waals surface area contributed by atoms with Crippen molar-refractivity contribution in [2.24, 2.45) is 0 Å². The predicted molar refractivity (Wildman–Crippen MR) is 66.2 cm³/mol. The van der Waals surface area contributed by atoms with Gasteiger partial charge in [-0.15, -0.1) is 0 Å². The van der Waals surface area contributed by atoms with Crippen molar-refractivity contribution >= 4 is 10.1 Å². The van der Waals surface area contributed by atoms with Crippen LogP contribution in [0.25, 0.3) is 0 Å². The molecule has 6 heteroatoms. The molecule has 0 saturated heterocycles. The molecule has 0 unspecified atom stereocenters. The zero-order chi connectivity index (χ0) is 13.5. The Labute approximate surface area is 104 Å². The fourth-order valence-corrected chi connectivity index (χ4v) is 1.37. The van der Waals surface area contributed by atoms with Gasteiger partial charge in [0.15, 0.2) is 0 Å². The van der Waals surface area contributed by atoms with Crippen molar-refractivity contribution in [1.29, 1.82) is 0 Å². The van der Waals surface area contributed by atoms with Crippen LogP contribution in [-0.2, 0) is 23.8 Å². The molecule has 0 aliphatic carbocycles. The van der Waals surface area contributed by atoms with Gasteiger partial charge >= 0.3 is 0 Å². The van der Waals surface area contributed by atoms with Crippen LogP contribution < -0.4 is 0 Å². The topological polar surface area (TPSA) is 61.8 Å². The van der Waals surface area contributed by atoms with Crippen LogP contribution in [0, 0.1) is 0 Å². The van der Waals surface area contributed by atoms with Gasteiger partial charge in [0.1, 0.15) is 0 Å². The summed E-state index contributed by atoms with van der Waals surface area (Å²) in [4.78, 5) is 0. The average molecular weight is 266 g/mol. The first-order chi connectivity index (χ1) is 7.66. The minimum atomic E-state index is -3.37. The maximum atomic E-state index is 10.8. The number of ether oxygens (including phenoxy) is 2. The molecule has 0 fully saturated rings. The maximum Gasteiger partial charge on any atom is 0.264 e. The molecule has 0 N–H and O–H groups in total. The number of allylic oxidation sites excluding steroid dienone is 1. The van der Waals surface area contributed by atoms with Gasteiger partial charge in [0.05, 0.1) is 37.9 Å². The van der Waals surface area contributed by atoms with Gasteiger partial charge in [-0.25, -0.2) is 0 Å². The summed E-state index contributed by atoms with van der Waals surface area (Å²) >= 11 is 0. The van der Waals surface area contributed by atoms with E-state index in [1.165, 1.54) is 0 Å². The molecule has 0 aromatic rings. The van der Waals surface area contributed by atoms with E-state index in [2.05, 4.69) is 4.18 Å². The minimum absolute atomic E-state index is 0.124.